The lowest BCUT2D eigenvalue weighted by molar-refractivity contribution is -0.117. The topological polar surface area (TPSA) is 20.3 Å². The van der Waals surface area contributed by atoms with Crippen LogP contribution in [0.5, 0.6) is 0 Å². The van der Waals surface area contributed by atoms with E-state index in [-0.39, 0.29) is 11.6 Å². The first kappa shape index (κ1) is 9.12. The lowest BCUT2D eigenvalue weighted by atomic mass is 10.2. The van der Waals surface area contributed by atoms with Gasteiger partial charge in [0.25, 0.3) is 0 Å². The molecule has 4 heteroatoms. The summed E-state index contributed by atoms with van der Waals surface area (Å²) in [6, 6.07) is 3.13. The van der Waals surface area contributed by atoms with Crippen LogP contribution in [0.3, 0.4) is 0 Å². The second-order valence-corrected chi connectivity index (χ2v) is 3.24. The molecule has 2 rings (SSSR count). The van der Waals surface area contributed by atoms with E-state index in [0.717, 1.165) is 18.2 Å². The molecule has 0 atom stereocenters. The smallest absolute Gasteiger partial charge is 0.227 e. The molecule has 1 amide bonds. The number of hydrogen-bond donors (Lipinski definition) is 0. The normalized spacial score (nSPS) is 16.4. The molecular formula is C10H9F2NO. The summed E-state index contributed by atoms with van der Waals surface area (Å²) in [7, 11) is 0. The number of hydrogen-bond acceptors (Lipinski definition) is 1. The van der Waals surface area contributed by atoms with E-state index in [9.17, 15) is 13.6 Å². The van der Waals surface area contributed by atoms with Crippen LogP contribution in [-0.4, -0.2) is 12.5 Å². The third-order valence-electron chi connectivity index (χ3n) is 2.27. The number of carbonyl (C=O) groups excluding carboxylic acids is 1. The molecule has 1 saturated heterocycles. The van der Waals surface area contributed by atoms with Crippen molar-refractivity contribution in [1.82, 2.24) is 0 Å². The summed E-state index contributed by atoms with van der Waals surface area (Å²) < 4.78 is 26.1. The fourth-order valence-electron chi connectivity index (χ4n) is 1.60. The number of rotatable bonds is 1. The Kier molecular flexibility index (Phi) is 2.19. The van der Waals surface area contributed by atoms with Crippen molar-refractivity contribution in [3.05, 3.63) is 29.8 Å². The van der Waals surface area contributed by atoms with Crippen molar-refractivity contribution in [2.75, 3.05) is 11.4 Å². The Bertz CT molecular complexity index is 378. The molecule has 2 nitrogen and oxygen atoms in total. The standard InChI is InChI=1S/C10H9F2NO/c11-7-3-4-8(12)9(6-7)13-5-1-2-10(13)14/h3-4,6H,1-2,5H2. The third-order valence-corrected chi connectivity index (χ3v) is 2.27. The van der Waals surface area contributed by atoms with Crippen LogP contribution in [0, 0.1) is 11.6 Å². The molecule has 1 aliphatic heterocycles. The lowest BCUT2D eigenvalue weighted by Gasteiger charge is -2.16. The van der Waals surface area contributed by atoms with Gasteiger partial charge in [-0.25, -0.2) is 8.78 Å². The zero-order chi connectivity index (χ0) is 10.1. The van der Waals surface area contributed by atoms with Gasteiger partial charge in [-0.15, -0.1) is 0 Å². The van der Waals surface area contributed by atoms with Crippen molar-refractivity contribution in [2.45, 2.75) is 12.8 Å². The van der Waals surface area contributed by atoms with Crippen molar-refractivity contribution in [3.8, 4) is 0 Å². The molecule has 0 radical (unpaired) electrons. The SMILES string of the molecule is O=C1CCCN1c1cc(F)ccc1F. The number of nitrogens with zero attached hydrogens (tertiary/aromatic N) is 1. The molecule has 1 aromatic carbocycles. The highest BCUT2D eigenvalue weighted by Gasteiger charge is 2.24. The maximum Gasteiger partial charge on any atom is 0.227 e. The summed E-state index contributed by atoms with van der Waals surface area (Å²) in [6.45, 7) is 0.471. The average Bonchev–Trinajstić information content (AvgIpc) is 2.56. The molecule has 1 heterocycles. The molecule has 0 spiro atoms. The van der Waals surface area contributed by atoms with Crippen molar-refractivity contribution in [1.29, 1.82) is 0 Å². The van der Waals surface area contributed by atoms with Crippen molar-refractivity contribution in [2.24, 2.45) is 0 Å². The average molecular weight is 197 g/mol. The van der Waals surface area contributed by atoms with Gasteiger partial charge in [0.15, 0.2) is 0 Å². The van der Waals surface area contributed by atoms with Gasteiger partial charge < -0.3 is 4.90 Å². The molecule has 0 N–H and O–H groups in total. The molecule has 74 valence electrons. The number of benzene rings is 1. The van der Waals surface area contributed by atoms with Gasteiger partial charge in [0, 0.05) is 19.0 Å². The summed E-state index contributed by atoms with van der Waals surface area (Å²) in [5.41, 5.74) is 0.0486. The Morgan fingerprint density at radius 2 is 2.07 bits per heavy atom. The maximum atomic E-state index is 13.2. The largest absolute Gasteiger partial charge is 0.310 e. The fraction of sp³-hybridized carbons (Fsp3) is 0.300. The van der Waals surface area contributed by atoms with Gasteiger partial charge in [-0.1, -0.05) is 0 Å². The van der Waals surface area contributed by atoms with E-state index in [1.165, 1.54) is 4.90 Å². The number of anilines is 1. The maximum absolute atomic E-state index is 13.2. The zero-order valence-electron chi connectivity index (χ0n) is 7.46. The molecular weight excluding hydrogens is 188 g/mol. The Labute approximate surface area is 80.1 Å². The highest BCUT2D eigenvalue weighted by atomic mass is 19.1. The van der Waals surface area contributed by atoms with E-state index in [1.54, 1.807) is 0 Å². The minimum absolute atomic E-state index is 0.0486. The first-order valence-electron chi connectivity index (χ1n) is 4.44. The van der Waals surface area contributed by atoms with Crippen molar-refractivity contribution in [3.63, 3.8) is 0 Å². The predicted octanol–water partition coefficient (Wildman–Crippen LogP) is 2.09. The van der Waals surface area contributed by atoms with Crippen molar-refractivity contribution >= 4 is 11.6 Å². The lowest BCUT2D eigenvalue weighted by Crippen LogP contribution is -2.24. The van der Waals surface area contributed by atoms with E-state index in [2.05, 4.69) is 0 Å². The molecule has 0 aliphatic carbocycles. The van der Waals surface area contributed by atoms with Gasteiger partial charge >= 0.3 is 0 Å². The van der Waals surface area contributed by atoms with Crippen LogP contribution in [0.4, 0.5) is 14.5 Å². The molecule has 14 heavy (non-hydrogen) atoms. The third kappa shape index (κ3) is 1.47. The van der Waals surface area contributed by atoms with E-state index >= 15 is 0 Å². The van der Waals surface area contributed by atoms with E-state index in [1.807, 2.05) is 0 Å². The van der Waals surface area contributed by atoms with Crippen LogP contribution in [-0.2, 0) is 4.79 Å². The molecule has 0 unspecified atom stereocenters. The van der Waals surface area contributed by atoms with E-state index < -0.39 is 11.6 Å². The Morgan fingerprint density at radius 3 is 2.71 bits per heavy atom. The van der Waals surface area contributed by atoms with Gasteiger partial charge in [-0.2, -0.15) is 0 Å². The quantitative estimate of drug-likeness (QED) is 0.675. The number of carbonyl (C=O) groups is 1. The minimum Gasteiger partial charge on any atom is -0.310 e. The minimum atomic E-state index is -0.554. The molecule has 1 fully saturated rings. The number of halogens is 2. The Hall–Kier alpha value is -1.45. The second-order valence-electron chi connectivity index (χ2n) is 3.24. The van der Waals surface area contributed by atoms with Crippen molar-refractivity contribution < 1.29 is 13.6 Å². The molecule has 1 aliphatic rings. The molecule has 0 saturated carbocycles. The summed E-state index contributed by atoms with van der Waals surface area (Å²) in [5, 5.41) is 0. The Morgan fingerprint density at radius 1 is 1.29 bits per heavy atom. The Balaban J connectivity index is 2.39. The molecule has 0 aromatic heterocycles. The van der Waals surface area contributed by atoms with Gasteiger partial charge in [-0.05, 0) is 18.6 Å². The second kappa shape index (κ2) is 3.36. The van der Waals surface area contributed by atoms with Crippen LogP contribution in [0.1, 0.15) is 12.8 Å². The summed E-state index contributed by atoms with van der Waals surface area (Å²) >= 11 is 0. The summed E-state index contributed by atoms with van der Waals surface area (Å²) in [4.78, 5) is 12.6. The van der Waals surface area contributed by atoms with E-state index in [0.29, 0.717) is 19.4 Å². The van der Waals surface area contributed by atoms with Gasteiger partial charge in [0.05, 0.1) is 5.69 Å². The van der Waals surface area contributed by atoms with Crippen LogP contribution in [0.15, 0.2) is 18.2 Å². The monoisotopic (exact) mass is 197 g/mol. The van der Waals surface area contributed by atoms with Gasteiger partial charge in [0.2, 0.25) is 5.91 Å². The van der Waals surface area contributed by atoms with Crippen LogP contribution in [0.2, 0.25) is 0 Å². The van der Waals surface area contributed by atoms with Crippen LogP contribution >= 0.6 is 0 Å². The van der Waals surface area contributed by atoms with Crippen LogP contribution < -0.4 is 4.90 Å². The highest BCUT2D eigenvalue weighted by Crippen LogP contribution is 2.24. The highest BCUT2D eigenvalue weighted by molar-refractivity contribution is 5.95. The van der Waals surface area contributed by atoms with Gasteiger partial charge in [0.1, 0.15) is 11.6 Å². The van der Waals surface area contributed by atoms with E-state index in [4.69, 9.17) is 0 Å². The first-order valence-corrected chi connectivity index (χ1v) is 4.44. The summed E-state index contributed by atoms with van der Waals surface area (Å²) in [5.74, 6) is -1.22. The predicted molar refractivity (Wildman–Crippen MR) is 47.9 cm³/mol. The fourth-order valence-corrected chi connectivity index (χ4v) is 1.60. The first-order chi connectivity index (χ1) is 6.68. The van der Waals surface area contributed by atoms with Crippen LogP contribution in [0.25, 0.3) is 0 Å². The molecule has 1 aromatic rings. The molecule has 0 bridgehead atoms. The summed E-state index contributed by atoms with van der Waals surface area (Å²) in [6.07, 6.45) is 1.12. The number of amides is 1. The van der Waals surface area contributed by atoms with Gasteiger partial charge in [-0.3, -0.25) is 4.79 Å². The zero-order valence-corrected chi connectivity index (χ0v) is 7.46.